The van der Waals surface area contributed by atoms with E-state index >= 15 is 0 Å². The molecule has 0 amide bonds. The molecule has 38 heavy (non-hydrogen) atoms. The molecule has 0 spiro atoms. The molecule has 0 aromatic rings. The van der Waals surface area contributed by atoms with E-state index in [1.54, 1.807) is 0 Å². The molecule has 0 aromatic carbocycles. The van der Waals surface area contributed by atoms with Gasteiger partial charge in [0.1, 0.15) is 6.61 Å². The molecule has 7 nitrogen and oxygen atoms in total. The number of ether oxygens (including phenoxy) is 1. The van der Waals surface area contributed by atoms with E-state index in [1.165, 1.54) is 25.9 Å². The van der Waals surface area contributed by atoms with Crippen molar-refractivity contribution in [3.05, 3.63) is 0 Å². The number of oxime groups is 1. The Labute approximate surface area is 231 Å². The molecular weight excluding hydrogens is 478 g/mol. The predicted octanol–water partition coefficient (Wildman–Crippen LogP) is 4.52. The molecule has 7 heteroatoms. The third-order valence-electron chi connectivity index (χ3n) is 12.1. The summed E-state index contributed by atoms with van der Waals surface area (Å²) >= 11 is 0. The van der Waals surface area contributed by atoms with Gasteiger partial charge in [0, 0.05) is 43.5 Å². The number of hydrogen-bond acceptors (Lipinski definition) is 7. The van der Waals surface area contributed by atoms with Crippen molar-refractivity contribution >= 4 is 6.21 Å². The molecule has 4 aliphatic carbocycles. The maximum atomic E-state index is 12.4. The van der Waals surface area contributed by atoms with Gasteiger partial charge < -0.3 is 29.6 Å². The number of likely N-dealkylation sites (tertiary alicyclic amines) is 1. The van der Waals surface area contributed by atoms with E-state index in [2.05, 4.69) is 28.8 Å². The van der Waals surface area contributed by atoms with Crippen LogP contribution in [0.15, 0.2) is 5.16 Å². The van der Waals surface area contributed by atoms with Gasteiger partial charge in [0.05, 0.1) is 12.2 Å². The van der Waals surface area contributed by atoms with Gasteiger partial charge >= 0.3 is 0 Å². The van der Waals surface area contributed by atoms with Crippen LogP contribution < -0.4 is 0 Å². The third-order valence-corrected chi connectivity index (χ3v) is 12.1. The van der Waals surface area contributed by atoms with Gasteiger partial charge in [-0.3, -0.25) is 0 Å². The second-order valence-corrected chi connectivity index (χ2v) is 14.3. The normalized spacial score (nSPS) is 45.3. The van der Waals surface area contributed by atoms with E-state index in [0.29, 0.717) is 31.0 Å². The molecule has 5 aliphatic rings. The topological polar surface area (TPSA) is 77.8 Å². The van der Waals surface area contributed by atoms with Crippen LogP contribution in [0.4, 0.5) is 0 Å². The SMILES string of the molecule is CN(C)CCON=C[C@H]1CC[C@]2(O)[C@@H]3CC[C@@H]4C[C@@](O)(OCCCN5CCCC5)CC[C@]4(C)[C@H]3CC[C@]12C. The summed E-state index contributed by atoms with van der Waals surface area (Å²) in [6, 6.07) is 0. The first-order chi connectivity index (χ1) is 18.1. The van der Waals surface area contributed by atoms with Crippen molar-refractivity contribution in [3.63, 3.8) is 0 Å². The molecule has 0 aromatic heterocycles. The van der Waals surface area contributed by atoms with Gasteiger partial charge in [0.25, 0.3) is 0 Å². The standard InChI is InChI=1S/C31H55N3O4/c1-28-14-15-30(35,37-20-7-18-34-16-5-6-17-34)22-24(28)8-9-27-26(28)11-12-29(2)25(10-13-31(27,29)36)23-32-38-21-19-33(3)4/h23-27,35-36H,5-22H2,1-4H3/t24-,25-,26+,27-,28+,29-,30+,31+/m1/s1. The molecule has 8 atom stereocenters. The molecule has 2 N–H and O–H groups in total. The fourth-order valence-corrected chi connectivity index (χ4v) is 9.54. The average Bonchev–Trinajstić information content (AvgIpc) is 3.48. The summed E-state index contributed by atoms with van der Waals surface area (Å²) in [6.07, 6.45) is 14.3. The monoisotopic (exact) mass is 533 g/mol. The number of likely N-dealkylation sites (N-methyl/N-ethyl adjacent to an activating group) is 1. The highest BCUT2D eigenvalue weighted by atomic mass is 16.6. The van der Waals surface area contributed by atoms with Crippen LogP contribution in [-0.2, 0) is 9.57 Å². The van der Waals surface area contributed by atoms with Crippen LogP contribution in [0.25, 0.3) is 0 Å². The molecule has 5 rings (SSSR count). The smallest absolute Gasteiger partial charge is 0.165 e. The highest BCUT2D eigenvalue weighted by Gasteiger charge is 2.67. The Hall–Kier alpha value is -0.730. The average molecular weight is 534 g/mol. The summed E-state index contributed by atoms with van der Waals surface area (Å²) in [5, 5.41) is 28.1. The minimum absolute atomic E-state index is 0.139. The summed E-state index contributed by atoms with van der Waals surface area (Å²) in [6.45, 7) is 10.4. The first kappa shape index (κ1) is 28.8. The maximum Gasteiger partial charge on any atom is 0.165 e. The highest BCUT2D eigenvalue weighted by Crippen LogP contribution is 2.69. The van der Waals surface area contributed by atoms with Crippen LogP contribution in [0.2, 0.25) is 0 Å². The van der Waals surface area contributed by atoms with Gasteiger partial charge in [0.2, 0.25) is 0 Å². The number of aliphatic hydroxyl groups is 2. The van der Waals surface area contributed by atoms with Crippen molar-refractivity contribution in [1.82, 2.24) is 9.80 Å². The van der Waals surface area contributed by atoms with Gasteiger partial charge in [-0.05, 0) is 115 Å². The summed E-state index contributed by atoms with van der Waals surface area (Å²) < 4.78 is 6.20. The van der Waals surface area contributed by atoms with Crippen molar-refractivity contribution in [1.29, 1.82) is 0 Å². The lowest BCUT2D eigenvalue weighted by molar-refractivity contribution is -0.269. The first-order valence-electron chi connectivity index (χ1n) is 15.7. The Bertz CT molecular complexity index is 834. The van der Waals surface area contributed by atoms with Crippen LogP contribution in [0.3, 0.4) is 0 Å². The zero-order valence-electron chi connectivity index (χ0n) is 24.7. The molecule has 4 saturated carbocycles. The highest BCUT2D eigenvalue weighted by molar-refractivity contribution is 5.63. The largest absolute Gasteiger partial charge is 0.395 e. The Morgan fingerprint density at radius 2 is 1.74 bits per heavy atom. The van der Waals surface area contributed by atoms with Crippen molar-refractivity contribution < 1.29 is 19.8 Å². The second-order valence-electron chi connectivity index (χ2n) is 14.3. The zero-order valence-corrected chi connectivity index (χ0v) is 24.7. The quantitative estimate of drug-likeness (QED) is 0.186. The van der Waals surface area contributed by atoms with Crippen molar-refractivity contribution in [2.75, 3.05) is 53.5 Å². The number of fused-ring (bicyclic) bond motifs is 5. The molecule has 0 bridgehead atoms. The van der Waals surface area contributed by atoms with Gasteiger partial charge in [-0.1, -0.05) is 19.0 Å². The van der Waals surface area contributed by atoms with E-state index in [-0.39, 0.29) is 16.7 Å². The summed E-state index contributed by atoms with van der Waals surface area (Å²) in [5.41, 5.74) is -0.601. The number of hydrogen-bond donors (Lipinski definition) is 2. The minimum Gasteiger partial charge on any atom is -0.395 e. The summed E-state index contributed by atoms with van der Waals surface area (Å²) in [7, 11) is 4.07. The minimum atomic E-state index is -0.969. The van der Waals surface area contributed by atoms with Gasteiger partial charge in [0.15, 0.2) is 5.79 Å². The fraction of sp³-hybridized carbons (Fsp3) is 0.968. The van der Waals surface area contributed by atoms with E-state index in [1.807, 2.05) is 20.3 Å². The summed E-state index contributed by atoms with van der Waals surface area (Å²) in [5.74, 6) is 0.625. The van der Waals surface area contributed by atoms with E-state index in [0.717, 1.165) is 77.3 Å². The van der Waals surface area contributed by atoms with Crippen LogP contribution in [-0.4, -0.2) is 91.1 Å². The Balaban J connectivity index is 1.19. The van der Waals surface area contributed by atoms with Crippen molar-refractivity contribution in [3.8, 4) is 0 Å². The zero-order chi connectivity index (χ0) is 27.0. The first-order valence-corrected chi connectivity index (χ1v) is 15.7. The molecule has 1 heterocycles. The summed E-state index contributed by atoms with van der Waals surface area (Å²) in [4.78, 5) is 10.2. The molecule has 1 saturated heterocycles. The van der Waals surface area contributed by atoms with Crippen LogP contribution in [0.1, 0.15) is 90.9 Å². The molecular formula is C31H55N3O4. The lowest BCUT2D eigenvalue weighted by atomic mass is 9.43. The molecule has 0 radical (unpaired) electrons. The van der Waals surface area contributed by atoms with Crippen LogP contribution in [0.5, 0.6) is 0 Å². The van der Waals surface area contributed by atoms with Gasteiger partial charge in [-0.15, -0.1) is 0 Å². The Morgan fingerprint density at radius 1 is 0.947 bits per heavy atom. The van der Waals surface area contributed by atoms with Gasteiger partial charge in [-0.25, -0.2) is 0 Å². The molecule has 1 aliphatic heterocycles. The Kier molecular flexibility index (Phi) is 8.54. The van der Waals surface area contributed by atoms with Crippen molar-refractivity contribution in [2.24, 2.45) is 39.7 Å². The fourth-order valence-electron chi connectivity index (χ4n) is 9.54. The molecule has 5 fully saturated rings. The third kappa shape index (κ3) is 5.32. The van der Waals surface area contributed by atoms with Gasteiger partial charge in [-0.2, -0.15) is 0 Å². The number of nitrogens with zero attached hydrogens (tertiary/aromatic N) is 3. The second kappa shape index (κ2) is 11.3. The molecule has 0 unspecified atom stereocenters. The maximum absolute atomic E-state index is 12.4. The van der Waals surface area contributed by atoms with Crippen molar-refractivity contribution in [2.45, 2.75) is 102 Å². The lowest BCUT2D eigenvalue weighted by Gasteiger charge is -2.64. The van der Waals surface area contributed by atoms with Crippen LogP contribution in [0, 0.1) is 34.5 Å². The predicted molar refractivity (Wildman–Crippen MR) is 151 cm³/mol. The van der Waals surface area contributed by atoms with E-state index < -0.39 is 11.4 Å². The number of rotatable bonds is 10. The van der Waals surface area contributed by atoms with E-state index in [4.69, 9.17) is 9.57 Å². The molecule has 218 valence electrons. The lowest BCUT2D eigenvalue weighted by Crippen LogP contribution is -2.63. The van der Waals surface area contributed by atoms with E-state index in [9.17, 15) is 10.2 Å². The van der Waals surface area contributed by atoms with Crippen LogP contribution >= 0.6 is 0 Å². The Morgan fingerprint density at radius 3 is 2.50 bits per heavy atom.